The van der Waals surface area contributed by atoms with E-state index in [1.165, 1.54) is 0 Å². The van der Waals surface area contributed by atoms with Gasteiger partial charge in [-0.3, -0.25) is 19.3 Å². The molecule has 300 valence electrons. The number of hydroxylamine groups is 2. The van der Waals surface area contributed by atoms with Crippen LogP contribution in [0.3, 0.4) is 0 Å². The molecular weight excluding hydrogens is 732 g/mol. The third-order valence-corrected chi connectivity index (χ3v) is 11.3. The number of ether oxygens (including phenoxy) is 4. The summed E-state index contributed by atoms with van der Waals surface area (Å²) in [7, 11) is 0. The molecule has 2 aliphatic heterocycles. The first-order valence-corrected chi connectivity index (χ1v) is 19.5. The third-order valence-electron chi connectivity index (χ3n) is 11.3. The zero-order valence-corrected chi connectivity index (χ0v) is 31.7. The maximum absolute atomic E-state index is 13.0. The van der Waals surface area contributed by atoms with Crippen molar-refractivity contribution in [2.24, 2.45) is 23.5 Å². The quantitative estimate of drug-likeness (QED) is 0.0699. The summed E-state index contributed by atoms with van der Waals surface area (Å²) in [5, 5.41) is 0.460. The fraction of sp³-hybridized carbons (Fsp3) is 0.419. The Bertz CT molecular complexity index is 1820. The molecule has 4 atom stereocenters. The summed E-state index contributed by atoms with van der Waals surface area (Å²) < 4.78 is 21.6. The van der Waals surface area contributed by atoms with Crippen LogP contribution in [0.1, 0.15) is 36.0 Å². The van der Waals surface area contributed by atoms with Crippen molar-refractivity contribution in [2.45, 2.75) is 30.3 Å². The molecule has 0 aromatic heterocycles. The van der Waals surface area contributed by atoms with Crippen molar-refractivity contribution in [1.82, 2.24) is 14.9 Å². The smallest absolute Gasteiger partial charge is 0.409 e. The van der Waals surface area contributed by atoms with Crippen LogP contribution in [-0.2, 0) is 48.5 Å². The molecule has 3 fully saturated rings. The van der Waals surface area contributed by atoms with Gasteiger partial charge < -0.3 is 34.4 Å². The Labute approximate surface area is 331 Å². The van der Waals surface area contributed by atoms with Crippen LogP contribution in [0.4, 0.5) is 4.79 Å². The number of hydrogen-bond acceptors (Lipinski definition) is 12. The highest BCUT2D eigenvalue weighted by molar-refractivity contribution is 6.10. The summed E-state index contributed by atoms with van der Waals surface area (Å²) in [6.45, 7) is 3.11. The van der Waals surface area contributed by atoms with Crippen LogP contribution in [0.15, 0.2) is 103 Å². The minimum atomic E-state index is -1.39. The van der Waals surface area contributed by atoms with Crippen molar-refractivity contribution in [1.29, 1.82) is 0 Å². The third kappa shape index (κ3) is 8.08. The molecule has 7 rings (SSSR count). The Kier molecular flexibility index (Phi) is 12.4. The van der Waals surface area contributed by atoms with Gasteiger partial charge in [-0.15, -0.1) is 5.06 Å². The molecule has 2 aliphatic carbocycles. The fourth-order valence-electron chi connectivity index (χ4n) is 8.63. The number of amides is 3. The number of carbonyl (C=O) groups excluding carboxylic acids is 5. The van der Waals surface area contributed by atoms with Crippen LogP contribution in [-0.4, -0.2) is 116 Å². The largest absolute Gasteiger partial charge is 0.463 e. The summed E-state index contributed by atoms with van der Waals surface area (Å²) in [6.07, 6.45) is 3.28. The molecular formula is C43H48N4O10. The molecule has 3 aromatic rings. The van der Waals surface area contributed by atoms with Gasteiger partial charge in [-0.1, -0.05) is 103 Å². The molecule has 0 unspecified atom stereocenters. The zero-order valence-electron chi connectivity index (χ0n) is 31.7. The molecule has 3 amide bonds. The van der Waals surface area contributed by atoms with E-state index in [1.54, 1.807) is 4.90 Å². The number of piperazine rings is 1. The molecule has 3 aromatic carbocycles. The molecule has 2 saturated heterocycles. The highest BCUT2D eigenvalue weighted by Gasteiger charge is 2.69. The average Bonchev–Trinajstić information content (AvgIpc) is 3.90. The maximum atomic E-state index is 13.0. The minimum Gasteiger partial charge on any atom is -0.463 e. The molecule has 14 heteroatoms. The van der Waals surface area contributed by atoms with E-state index in [4.69, 9.17) is 29.5 Å². The van der Waals surface area contributed by atoms with Crippen LogP contribution in [0.2, 0.25) is 0 Å². The Morgan fingerprint density at radius 1 is 0.667 bits per heavy atom. The lowest BCUT2D eigenvalue weighted by Gasteiger charge is -2.48. The van der Waals surface area contributed by atoms with E-state index in [2.05, 4.69) is 77.7 Å². The summed E-state index contributed by atoms with van der Waals surface area (Å²) >= 11 is 0. The number of allylic oxidation sites excluding steroid dienone is 1. The van der Waals surface area contributed by atoms with Crippen molar-refractivity contribution in [3.05, 3.63) is 120 Å². The van der Waals surface area contributed by atoms with Gasteiger partial charge in [-0.05, 0) is 29.0 Å². The van der Waals surface area contributed by atoms with Gasteiger partial charge >= 0.3 is 18.0 Å². The lowest BCUT2D eigenvalue weighted by molar-refractivity contribution is -0.199. The molecule has 0 radical (unpaired) electrons. The fourth-order valence-corrected chi connectivity index (χ4v) is 8.63. The Morgan fingerprint density at radius 3 is 1.72 bits per heavy atom. The monoisotopic (exact) mass is 780 g/mol. The average molecular weight is 781 g/mol. The molecule has 2 heterocycles. The van der Waals surface area contributed by atoms with Crippen LogP contribution >= 0.6 is 0 Å². The highest BCUT2D eigenvalue weighted by atomic mass is 16.7. The topological polar surface area (TPSA) is 167 Å². The van der Waals surface area contributed by atoms with Crippen LogP contribution in [0.5, 0.6) is 0 Å². The lowest BCUT2D eigenvalue weighted by atomic mass is 9.75. The first-order valence-electron chi connectivity index (χ1n) is 19.5. The number of carbonyl (C=O) groups is 5. The van der Waals surface area contributed by atoms with Gasteiger partial charge in [0.1, 0.15) is 18.8 Å². The number of nitrogens with zero attached hydrogens (tertiary/aromatic N) is 3. The number of benzene rings is 3. The van der Waals surface area contributed by atoms with Gasteiger partial charge in [0.25, 0.3) is 11.8 Å². The molecule has 57 heavy (non-hydrogen) atoms. The van der Waals surface area contributed by atoms with Crippen molar-refractivity contribution in [3.63, 3.8) is 0 Å². The second kappa shape index (κ2) is 17.8. The van der Waals surface area contributed by atoms with Crippen LogP contribution in [0.25, 0.3) is 0 Å². The molecule has 14 nitrogen and oxygen atoms in total. The van der Waals surface area contributed by atoms with Gasteiger partial charge in [-0.2, -0.15) is 0 Å². The van der Waals surface area contributed by atoms with E-state index >= 15 is 0 Å². The van der Waals surface area contributed by atoms with Crippen molar-refractivity contribution in [2.75, 3.05) is 65.8 Å². The van der Waals surface area contributed by atoms with E-state index in [0.29, 0.717) is 37.7 Å². The van der Waals surface area contributed by atoms with Crippen molar-refractivity contribution in [3.8, 4) is 0 Å². The zero-order chi connectivity index (χ0) is 39.8. The second-order valence-corrected chi connectivity index (χ2v) is 14.5. The number of esters is 1. The second-order valence-electron chi connectivity index (χ2n) is 14.5. The van der Waals surface area contributed by atoms with Gasteiger partial charge in [0.15, 0.2) is 0 Å². The predicted octanol–water partition coefficient (Wildman–Crippen LogP) is 3.44. The van der Waals surface area contributed by atoms with Gasteiger partial charge in [0.05, 0.1) is 50.7 Å². The molecule has 2 N–H and O–H groups in total. The number of rotatable bonds is 17. The Morgan fingerprint density at radius 2 is 1.18 bits per heavy atom. The Hall–Kier alpha value is -5.41. The predicted molar refractivity (Wildman–Crippen MR) is 205 cm³/mol. The number of fused-ring (bicyclic) bond motifs is 5. The van der Waals surface area contributed by atoms with Crippen LogP contribution in [0, 0.1) is 17.8 Å². The number of nitrogens with two attached hydrogens (primary N) is 1. The number of hydrogen-bond donors (Lipinski definition) is 1. The van der Waals surface area contributed by atoms with E-state index in [0.717, 1.165) is 16.7 Å². The van der Waals surface area contributed by atoms with E-state index in [-0.39, 0.29) is 70.4 Å². The minimum absolute atomic E-state index is 0.0435. The van der Waals surface area contributed by atoms with Gasteiger partial charge in [-0.25, -0.2) is 9.59 Å². The summed E-state index contributed by atoms with van der Waals surface area (Å²) in [5.74, 6) is -4.09. The first kappa shape index (κ1) is 39.8. The summed E-state index contributed by atoms with van der Waals surface area (Å²) in [5.41, 5.74) is 7.85. The number of imide groups is 1. The van der Waals surface area contributed by atoms with E-state index < -0.39 is 40.7 Å². The summed E-state index contributed by atoms with van der Waals surface area (Å²) in [6, 6.07) is 31.5. The molecule has 0 spiro atoms. The molecule has 1 saturated carbocycles. The van der Waals surface area contributed by atoms with E-state index in [9.17, 15) is 24.0 Å². The van der Waals surface area contributed by atoms with Gasteiger partial charge in [0.2, 0.25) is 0 Å². The lowest BCUT2D eigenvalue weighted by Crippen LogP contribution is -2.57. The van der Waals surface area contributed by atoms with E-state index in [1.807, 2.05) is 30.4 Å². The molecule has 4 aliphatic rings. The normalized spacial score (nSPS) is 22.8. The van der Waals surface area contributed by atoms with Crippen molar-refractivity contribution < 1.29 is 47.8 Å². The van der Waals surface area contributed by atoms with Crippen LogP contribution < -0.4 is 5.73 Å². The van der Waals surface area contributed by atoms with Crippen molar-refractivity contribution >= 4 is 29.8 Å². The highest BCUT2D eigenvalue weighted by Crippen LogP contribution is 2.54. The van der Waals surface area contributed by atoms with Gasteiger partial charge in [0, 0.05) is 32.1 Å². The maximum Gasteiger partial charge on any atom is 0.409 e. The standard InChI is InChI=1S/C43H48N4O10/c44-42-35-17-16-31(30-35)38(42)39(50)47(40(42)51)57-37(49)19-18-36(48)55-28-26-53-24-25-54-27-29-56-41(52)45-20-22-46(23-21-45)43(32-10-4-1-5-11-32,33-12-6-2-7-13-33)34-14-8-3-9-15-34/h1-17,31,35,38H,18-30,44H2/t31-,35+,38+,42-/m1/s1. The Balaban J connectivity index is 0.755. The summed E-state index contributed by atoms with van der Waals surface area (Å²) in [4.78, 5) is 72.2. The SMILES string of the molecule is N[C@@]12C(=O)N(OC(=O)CCC(=O)OCCOCCOCCOC(=O)N3CCN(C(c4ccccc4)(c4ccccc4)c4ccccc4)CC3)C(=O)[C@@H]1[C@@H]1C=C[C@H]2C1. The molecule has 2 bridgehead atoms. The first-order chi connectivity index (χ1) is 27.7.